The molecule has 4 aromatic rings. The SMILES string of the molecule is Cc1ccc(NC(=O)Cn2cc(/C=C3/SC(=O)N(Cc4cccc([N+](=O)[O-])c4)C3=O)c3ccccc32)cc1. The van der Waals surface area contributed by atoms with Crippen LogP contribution in [0.5, 0.6) is 0 Å². The first-order valence-corrected chi connectivity index (χ1v) is 12.5. The van der Waals surface area contributed by atoms with E-state index in [1.165, 1.54) is 18.2 Å². The molecule has 0 spiro atoms. The molecule has 38 heavy (non-hydrogen) atoms. The number of aryl methyl sites for hydroxylation is 1. The summed E-state index contributed by atoms with van der Waals surface area (Å²) in [6.45, 7) is 1.97. The van der Waals surface area contributed by atoms with E-state index in [4.69, 9.17) is 0 Å². The summed E-state index contributed by atoms with van der Waals surface area (Å²) in [5, 5.41) is 14.3. The number of carbonyl (C=O) groups is 3. The lowest BCUT2D eigenvalue weighted by Crippen LogP contribution is -2.27. The van der Waals surface area contributed by atoms with Crippen LogP contribution >= 0.6 is 11.8 Å². The molecule has 0 saturated carbocycles. The van der Waals surface area contributed by atoms with Gasteiger partial charge in [0.25, 0.3) is 16.8 Å². The molecule has 0 bridgehead atoms. The second-order valence-corrected chi connectivity index (χ2v) is 9.83. The van der Waals surface area contributed by atoms with Crippen molar-refractivity contribution in [3.8, 4) is 0 Å². The van der Waals surface area contributed by atoms with E-state index in [-0.39, 0.29) is 29.6 Å². The summed E-state index contributed by atoms with van der Waals surface area (Å²) in [6.07, 6.45) is 3.43. The van der Waals surface area contributed by atoms with Crippen molar-refractivity contribution in [2.24, 2.45) is 0 Å². The molecule has 5 rings (SSSR count). The number of non-ortho nitro benzene ring substituents is 1. The van der Waals surface area contributed by atoms with Gasteiger partial charge < -0.3 is 9.88 Å². The Balaban J connectivity index is 1.38. The highest BCUT2D eigenvalue weighted by Gasteiger charge is 2.35. The molecule has 2 heterocycles. The number of carbonyl (C=O) groups excluding carboxylic acids is 3. The molecule has 190 valence electrons. The first-order valence-electron chi connectivity index (χ1n) is 11.7. The standard InChI is InChI=1S/C28H22N4O5S/c1-18-9-11-21(12-10-18)29-26(33)17-30-16-20(23-7-2-3-8-24(23)30)14-25-27(34)31(28(35)38-25)15-19-5-4-6-22(13-19)32(36)37/h2-14,16H,15,17H2,1H3,(H,29,33)/b25-14+. The topological polar surface area (TPSA) is 115 Å². The lowest BCUT2D eigenvalue weighted by Gasteiger charge is -2.12. The summed E-state index contributed by atoms with van der Waals surface area (Å²) >= 11 is 0.817. The van der Waals surface area contributed by atoms with Crippen molar-refractivity contribution in [2.75, 3.05) is 5.32 Å². The van der Waals surface area contributed by atoms with Crippen LogP contribution < -0.4 is 5.32 Å². The number of fused-ring (bicyclic) bond motifs is 1. The Labute approximate surface area is 221 Å². The Bertz CT molecular complexity index is 1620. The predicted molar refractivity (Wildman–Crippen MR) is 146 cm³/mol. The van der Waals surface area contributed by atoms with Gasteiger partial charge in [-0.05, 0) is 48.5 Å². The smallest absolute Gasteiger partial charge is 0.293 e. The van der Waals surface area contributed by atoms with Crippen molar-refractivity contribution in [2.45, 2.75) is 20.0 Å². The van der Waals surface area contributed by atoms with Crippen molar-refractivity contribution in [1.82, 2.24) is 9.47 Å². The molecule has 0 atom stereocenters. The lowest BCUT2D eigenvalue weighted by atomic mass is 10.1. The quantitative estimate of drug-likeness (QED) is 0.187. The number of aromatic nitrogens is 1. The molecule has 0 radical (unpaired) electrons. The van der Waals surface area contributed by atoms with Crippen molar-refractivity contribution >= 4 is 57.2 Å². The van der Waals surface area contributed by atoms with Gasteiger partial charge in [-0.3, -0.25) is 29.4 Å². The molecule has 0 unspecified atom stereocenters. The lowest BCUT2D eigenvalue weighted by molar-refractivity contribution is -0.384. The molecule has 1 N–H and O–H groups in total. The number of para-hydroxylation sites is 1. The third kappa shape index (κ3) is 5.21. The van der Waals surface area contributed by atoms with Crippen LogP contribution in [0.15, 0.2) is 83.9 Å². The van der Waals surface area contributed by atoms with Crippen molar-refractivity contribution in [3.63, 3.8) is 0 Å². The van der Waals surface area contributed by atoms with E-state index < -0.39 is 16.1 Å². The van der Waals surface area contributed by atoms with Crippen LogP contribution in [0.25, 0.3) is 17.0 Å². The van der Waals surface area contributed by atoms with Crippen LogP contribution in [0.3, 0.4) is 0 Å². The minimum Gasteiger partial charge on any atom is -0.337 e. The van der Waals surface area contributed by atoms with Crippen molar-refractivity contribution < 1.29 is 19.3 Å². The summed E-state index contributed by atoms with van der Waals surface area (Å²) in [4.78, 5) is 50.4. The van der Waals surface area contributed by atoms with E-state index in [1.807, 2.05) is 55.5 Å². The number of rotatable bonds is 7. The maximum atomic E-state index is 13.1. The van der Waals surface area contributed by atoms with Gasteiger partial charge in [0.2, 0.25) is 5.91 Å². The van der Waals surface area contributed by atoms with E-state index >= 15 is 0 Å². The molecular formula is C28H22N4O5S. The van der Waals surface area contributed by atoms with E-state index in [1.54, 1.807) is 22.9 Å². The van der Waals surface area contributed by atoms with Gasteiger partial charge in [-0.1, -0.05) is 48.0 Å². The number of imide groups is 1. The number of amides is 3. The second kappa shape index (κ2) is 10.3. The van der Waals surface area contributed by atoms with Crippen LogP contribution in [0.1, 0.15) is 16.7 Å². The van der Waals surface area contributed by atoms with Crippen molar-refractivity contribution in [3.05, 3.63) is 111 Å². The van der Waals surface area contributed by atoms with Gasteiger partial charge in [0.15, 0.2) is 0 Å². The highest BCUT2D eigenvalue weighted by atomic mass is 32.2. The third-order valence-corrected chi connectivity index (χ3v) is 7.00. The van der Waals surface area contributed by atoms with Crippen LogP contribution in [-0.4, -0.2) is 31.4 Å². The van der Waals surface area contributed by atoms with Crippen molar-refractivity contribution in [1.29, 1.82) is 0 Å². The number of nitrogens with zero attached hydrogens (tertiary/aromatic N) is 3. The third-order valence-electron chi connectivity index (χ3n) is 6.09. The van der Waals surface area contributed by atoms with E-state index in [9.17, 15) is 24.5 Å². The average Bonchev–Trinajstić information content (AvgIpc) is 3.37. The molecule has 1 aliphatic heterocycles. The number of nitrogens with one attached hydrogen (secondary N) is 1. The number of anilines is 1. The Hall–Kier alpha value is -4.70. The minimum absolute atomic E-state index is 0.0649. The molecular weight excluding hydrogens is 504 g/mol. The fraction of sp³-hybridized carbons (Fsp3) is 0.107. The Kier molecular flexibility index (Phi) is 6.80. The highest BCUT2D eigenvalue weighted by molar-refractivity contribution is 8.18. The molecule has 1 saturated heterocycles. The minimum atomic E-state index is -0.520. The molecule has 3 amide bonds. The van der Waals surface area contributed by atoms with Gasteiger partial charge in [-0.25, -0.2) is 0 Å². The summed E-state index contributed by atoms with van der Waals surface area (Å²) in [6, 6.07) is 20.9. The first kappa shape index (κ1) is 25.0. The zero-order chi connectivity index (χ0) is 26.8. The van der Waals surface area contributed by atoms with Crippen LogP contribution in [-0.2, 0) is 22.7 Å². The Morgan fingerprint density at radius 3 is 2.58 bits per heavy atom. The maximum Gasteiger partial charge on any atom is 0.293 e. The normalized spacial score (nSPS) is 14.4. The number of nitro groups is 1. The second-order valence-electron chi connectivity index (χ2n) is 8.84. The maximum absolute atomic E-state index is 13.1. The van der Waals surface area contributed by atoms with Gasteiger partial charge in [0.05, 0.1) is 16.4 Å². The highest BCUT2D eigenvalue weighted by Crippen LogP contribution is 2.35. The van der Waals surface area contributed by atoms with Gasteiger partial charge in [0, 0.05) is 40.5 Å². The van der Waals surface area contributed by atoms with Crippen LogP contribution in [0.4, 0.5) is 16.2 Å². The molecule has 1 aliphatic rings. The number of thioether (sulfide) groups is 1. The van der Waals surface area contributed by atoms with Gasteiger partial charge in [-0.2, -0.15) is 0 Å². The van der Waals surface area contributed by atoms with Gasteiger partial charge in [0.1, 0.15) is 6.54 Å². The molecule has 10 heteroatoms. The summed E-state index contributed by atoms with van der Waals surface area (Å²) in [5.41, 5.74) is 3.69. The number of nitro benzene ring substituents is 1. The molecule has 0 aliphatic carbocycles. The molecule has 1 aromatic heterocycles. The molecule has 3 aromatic carbocycles. The summed E-state index contributed by atoms with van der Waals surface area (Å²) in [5.74, 6) is -0.668. The van der Waals surface area contributed by atoms with Crippen LogP contribution in [0.2, 0.25) is 0 Å². The largest absolute Gasteiger partial charge is 0.337 e. The van der Waals surface area contributed by atoms with Crippen LogP contribution in [0, 0.1) is 17.0 Å². The fourth-order valence-electron chi connectivity index (χ4n) is 4.24. The number of hydrogen-bond acceptors (Lipinski definition) is 6. The van der Waals surface area contributed by atoms with E-state index in [0.717, 1.165) is 33.1 Å². The Morgan fingerprint density at radius 1 is 1.05 bits per heavy atom. The molecule has 1 fully saturated rings. The summed E-state index contributed by atoms with van der Waals surface area (Å²) in [7, 11) is 0. The average molecular weight is 527 g/mol. The number of benzene rings is 3. The zero-order valence-corrected chi connectivity index (χ0v) is 21.1. The Morgan fingerprint density at radius 2 is 1.82 bits per heavy atom. The monoisotopic (exact) mass is 526 g/mol. The first-order chi connectivity index (χ1) is 18.3. The molecule has 9 nitrogen and oxygen atoms in total. The van der Waals surface area contributed by atoms with E-state index in [0.29, 0.717) is 16.8 Å². The number of hydrogen-bond donors (Lipinski definition) is 1. The fourth-order valence-corrected chi connectivity index (χ4v) is 5.07. The van der Waals surface area contributed by atoms with Gasteiger partial charge in [-0.15, -0.1) is 0 Å². The summed E-state index contributed by atoms with van der Waals surface area (Å²) < 4.78 is 1.80. The predicted octanol–water partition coefficient (Wildman–Crippen LogP) is 5.73. The van der Waals surface area contributed by atoms with Gasteiger partial charge >= 0.3 is 0 Å². The van der Waals surface area contributed by atoms with E-state index in [2.05, 4.69) is 5.32 Å². The zero-order valence-electron chi connectivity index (χ0n) is 20.3.